The number of aliphatic hydroxyl groups is 1. The summed E-state index contributed by atoms with van der Waals surface area (Å²) in [6.45, 7) is 4.18. The van der Waals surface area contributed by atoms with Crippen LogP contribution in [0.25, 0.3) is 0 Å². The van der Waals surface area contributed by atoms with Crippen LogP contribution >= 0.6 is 0 Å². The lowest BCUT2D eigenvalue weighted by molar-refractivity contribution is -0.161. The lowest BCUT2D eigenvalue weighted by Crippen LogP contribution is -2.28. The van der Waals surface area contributed by atoms with Gasteiger partial charge in [-0.3, -0.25) is 9.59 Å². The molecule has 0 aromatic rings. The zero-order valence-corrected chi connectivity index (χ0v) is 40.5. The molecule has 5 nitrogen and oxygen atoms in total. The van der Waals surface area contributed by atoms with Gasteiger partial charge >= 0.3 is 11.9 Å². The van der Waals surface area contributed by atoms with E-state index in [1.807, 2.05) is 0 Å². The van der Waals surface area contributed by atoms with E-state index in [2.05, 4.69) is 38.2 Å². The fourth-order valence-electron chi connectivity index (χ4n) is 8.14. The van der Waals surface area contributed by atoms with Gasteiger partial charge in [-0.15, -0.1) is 0 Å². The van der Waals surface area contributed by atoms with E-state index in [1.54, 1.807) is 0 Å². The fourth-order valence-corrected chi connectivity index (χ4v) is 8.14. The molecular formula is C55H104O5. The van der Waals surface area contributed by atoms with Crippen molar-refractivity contribution < 1.29 is 24.2 Å². The van der Waals surface area contributed by atoms with Crippen molar-refractivity contribution in [3.8, 4) is 0 Å². The molecule has 0 radical (unpaired) electrons. The van der Waals surface area contributed by atoms with Crippen LogP contribution in [0.2, 0.25) is 0 Å². The predicted octanol–water partition coefficient (Wildman–Crippen LogP) is 17.8. The fraction of sp³-hybridized carbons (Fsp3) is 0.891. The normalized spacial score (nSPS) is 12.2. The Morgan fingerprint density at radius 2 is 0.617 bits per heavy atom. The van der Waals surface area contributed by atoms with Crippen molar-refractivity contribution >= 4 is 11.9 Å². The molecule has 354 valence electrons. The van der Waals surface area contributed by atoms with Gasteiger partial charge in [-0.25, -0.2) is 0 Å². The van der Waals surface area contributed by atoms with E-state index in [9.17, 15) is 14.7 Å². The molecule has 0 saturated carbocycles. The van der Waals surface area contributed by atoms with Crippen LogP contribution in [0.15, 0.2) is 24.3 Å². The molecule has 0 aromatic heterocycles. The zero-order chi connectivity index (χ0) is 43.5. The molecule has 0 aliphatic rings. The molecule has 0 spiro atoms. The number of ether oxygens (including phenoxy) is 2. The number of rotatable bonds is 50. The van der Waals surface area contributed by atoms with Gasteiger partial charge in [0.15, 0.2) is 6.10 Å². The summed E-state index contributed by atoms with van der Waals surface area (Å²) in [5.41, 5.74) is 0. The number of allylic oxidation sites excluding steroid dienone is 4. The van der Waals surface area contributed by atoms with Crippen LogP contribution in [-0.2, 0) is 19.1 Å². The van der Waals surface area contributed by atoms with Crippen molar-refractivity contribution in [2.24, 2.45) is 0 Å². The first-order valence-electron chi connectivity index (χ1n) is 26.9. The quantitative estimate of drug-likeness (QED) is 0.0375. The Hall–Kier alpha value is -1.62. The summed E-state index contributed by atoms with van der Waals surface area (Å²) in [7, 11) is 0. The molecule has 1 unspecified atom stereocenters. The van der Waals surface area contributed by atoms with Gasteiger partial charge in [0.1, 0.15) is 6.61 Å². The van der Waals surface area contributed by atoms with Gasteiger partial charge in [0.2, 0.25) is 0 Å². The van der Waals surface area contributed by atoms with E-state index >= 15 is 0 Å². The first kappa shape index (κ1) is 58.4. The van der Waals surface area contributed by atoms with E-state index in [-0.39, 0.29) is 25.2 Å². The molecule has 60 heavy (non-hydrogen) atoms. The van der Waals surface area contributed by atoms with Crippen LogP contribution in [0.4, 0.5) is 0 Å². The maximum absolute atomic E-state index is 12.3. The molecule has 5 heteroatoms. The van der Waals surface area contributed by atoms with Crippen LogP contribution in [0.1, 0.15) is 296 Å². The second-order valence-corrected chi connectivity index (χ2v) is 18.3. The molecule has 0 heterocycles. The highest BCUT2D eigenvalue weighted by Gasteiger charge is 2.16. The molecular weight excluding hydrogens is 741 g/mol. The van der Waals surface area contributed by atoms with Crippen molar-refractivity contribution in [3.05, 3.63) is 24.3 Å². The minimum Gasteiger partial charge on any atom is -0.462 e. The third-order valence-corrected chi connectivity index (χ3v) is 12.2. The molecule has 0 rings (SSSR count). The highest BCUT2D eigenvalue weighted by molar-refractivity contribution is 5.70. The standard InChI is InChI=1S/C55H104O5/c1-3-5-7-9-11-13-15-17-19-21-23-25-27-29-31-33-35-37-39-41-43-45-47-49-54(57)59-52-53(51-56)60-55(58)50-48-46-44-42-40-38-36-34-32-30-28-26-24-22-20-18-16-14-12-10-8-6-4-2/h21-24,53,56H,3-20,25-52H2,1-2H3/b23-21-,24-22-. The maximum Gasteiger partial charge on any atom is 0.306 e. The van der Waals surface area contributed by atoms with E-state index in [4.69, 9.17) is 9.47 Å². The van der Waals surface area contributed by atoms with Crippen molar-refractivity contribution in [3.63, 3.8) is 0 Å². The molecule has 0 saturated heterocycles. The van der Waals surface area contributed by atoms with Gasteiger partial charge in [0.25, 0.3) is 0 Å². The maximum atomic E-state index is 12.3. The minimum atomic E-state index is -0.770. The first-order chi connectivity index (χ1) is 29.6. The number of carbonyl (C=O) groups is 2. The number of hydrogen-bond donors (Lipinski definition) is 1. The Morgan fingerprint density at radius 3 is 0.900 bits per heavy atom. The number of unbranched alkanes of at least 4 members (excludes halogenated alkanes) is 38. The molecule has 0 aliphatic heterocycles. The lowest BCUT2D eigenvalue weighted by Gasteiger charge is -2.15. The molecule has 0 aromatic carbocycles. The summed E-state index contributed by atoms with van der Waals surface area (Å²) >= 11 is 0. The topological polar surface area (TPSA) is 72.8 Å². The number of hydrogen-bond acceptors (Lipinski definition) is 5. The zero-order valence-electron chi connectivity index (χ0n) is 40.5. The molecule has 1 N–H and O–H groups in total. The number of esters is 2. The summed E-state index contributed by atoms with van der Waals surface area (Å²) < 4.78 is 10.7. The Bertz CT molecular complexity index is 913. The second kappa shape index (κ2) is 51.7. The first-order valence-corrected chi connectivity index (χ1v) is 26.9. The highest BCUT2D eigenvalue weighted by Crippen LogP contribution is 2.16. The largest absolute Gasteiger partial charge is 0.462 e. The second-order valence-electron chi connectivity index (χ2n) is 18.3. The summed E-state index contributed by atoms with van der Waals surface area (Å²) in [5, 5.41) is 9.64. The van der Waals surface area contributed by atoms with Gasteiger partial charge in [0.05, 0.1) is 6.61 Å². The van der Waals surface area contributed by atoms with E-state index in [0.717, 1.165) is 38.5 Å². The summed E-state index contributed by atoms with van der Waals surface area (Å²) in [5.74, 6) is -0.577. The summed E-state index contributed by atoms with van der Waals surface area (Å²) in [6.07, 6.45) is 64.2. The van der Waals surface area contributed by atoms with Crippen LogP contribution in [0, 0.1) is 0 Å². The Labute approximate surface area is 374 Å². The van der Waals surface area contributed by atoms with Crippen molar-refractivity contribution in [1.29, 1.82) is 0 Å². The predicted molar refractivity (Wildman–Crippen MR) is 261 cm³/mol. The monoisotopic (exact) mass is 845 g/mol. The van der Waals surface area contributed by atoms with Gasteiger partial charge in [-0.2, -0.15) is 0 Å². The molecule has 0 fully saturated rings. The molecule has 1 atom stereocenters. The van der Waals surface area contributed by atoms with Crippen LogP contribution in [-0.4, -0.2) is 36.4 Å². The average Bonchev–Trinajstić information content (AvgIpc) is 3.25. The summed E-state index contributed by atoms with van der Waals surface area (Å²) in [4.78, 5) is 24.5. The van der Waals surface area contributed by atoms with Gasteiger partial charge < -0.3 is 14.6 Å². The average molecular weight is 845 g/mol. The third kappa shape index (κ3) is 49.0. The van der Waals surface area contributed by atoms with Gasteiger partial charge in [-0.05, 0) is 64.2 Å². The van der Waals surface area contributed by atoms with Crippen LogP contribution in [0.5, 0.6) is 0 Å². The smallest absolute Gasteiger partial charge is 0.306 e. The number of carbonyl (C=O) groups excluding carboxylic acids is 2. The van der Waals surface area contributed by atoms with E-state index < -0.39 is 6.10 Å². The van der Waals surface area contributed by atoms with E-state index in [1.165, 1.54) is 231 Å². The van der Waals surface area contributed by atoms with Crippen molar-refractivity contribution in [1.82, 2.24) is 0 Å². The molecule has 0 bridgehead atoms. The summed E-state index contributed by atoms with van der Waals surface area (Å²) in [6, 6.07) is 0. The Balaban J connectivity index is 3.45. The SMILES string of the molecule is CCCCCCCCCC/C=C\CCCCCCCCCCCCCC(=O)OCC(CO)OC(=O)CCCCCCCCCCCCC/C=C\CCCCCCCCCC. The number of aliphatic hydroxyl groups excluding tert-OH is 1. The van der Waals surface area contributed by atoms with Crippen LogP contribution < -0.4 is 0 Å². The molecule has 0 aliphatic carbocycles. The van der Waals surface area contributed by atoms with Crippen molar-refractivity contribution in [2.45, 2.75) is 302 Å². The molecule has 0 amide bonds. The van der Waals surface area contributed by atoms with Gasteiger partial charge in [0, 0.05) is 12.8 Å². The van der Waals surface area contributed by atoms with E-state index in [0.29, 0.717) is 12.8 Å². The van der Waals surface area contributed by atoms with Crippen molar-refractivity contribution in [2.75, 3.05) is 13.2 Å². The van der Waals surface area contributed by atoms with Crippen LogP contribution in [0.3, 0.4) is 0 Å². The Kier molecular flexibility index (Phi) is 50.3. The lowest BCUT2D eigenvalue weighted by atomic mass is 10.0. The van der Waals surface area contributed by atoms with Gasteiger partial charge in [-0.1, -0.05) is 244 Å². The highest BCUT2D eigenvalue weighted by atomic mass is 16.6. The third-order valence-electron chi connectivity index (χ3n) is 12.2. The minimum absolute atomic E-state index is 0.0619. The Morgan fingerprint density at radius 1 is 0.367 bits per heavy atom.